The molecule has 0 aliphatic heterocycles. The first kappa shape index (κ1) is 21.8. The molecular formula is C22H27NO4S. The molecule has 1 N–H and O–H groups in total. The van der Waals surface area contributed by atoms with Gasteiger partial charge in [-0.25, -0.2) is 4.79 Å². The Hall–Kier alpha value is -2.47. The SMILES string of the molecule is CCS(=O)c1ccccc1C(=O)OCC(=O)NC(CC(C)C)c1ccccc1. The third kappa shape index (κ3) is 6.30. The molecule has 0 aliphatic carbocycles. The van der Waals surface area contributed by atoms with Crippen LogP contribution in [0.3, 0.4) is 0 Å². The molecule has 0 aliphatic rings. The minimum absolute atomic E-state index is 0.146. The van der Waals surface area contributed by atoms with Gasteiger partial charge in [-0.05, 0) is 30.0 Å². The first-order chi connectivity index (χ1) is 13.4. The molecule has 0 radical (unpaired) electrons. The fraction of sp³-hybridized carbons (Fsp3) is 0.364. The van der Waals surface area contributed by atoms with E-state index in [1.807, 2.05) is 30.3 Å². The minimum atomic E-state index is -1.28. The Kier molecular flexibility index (Phi) is 8.39. The zero-order valence-electron chi connectivity index (χ0n) is 16.5. The van der Waals surface area contributed by atoms with Crippen molar-refractivity contribution in [2.75, 3.05) is 12.4 Å². The van der Waals surface area contributed by atoms with Gasteiger partial charge in [-0.1, -0.05) is 63.2 Å². The number of hydrogen-bond donors (Lipinski definition) is 1. The monoisotopic (exact) mass is 401 g/mol. The van der Waals surface area contributed by atoms with Crippen molar-refractivity contribution in [1.29, 1.82) is 0 Å². The van der Waals surface area contributed by atoms with Gasteiger partial charge in [0.05, 0.1) is 27.3 Å². The first-order valence-corrected chi connectivity index (χ1v) is 10.7. The summed E-state index contributed by atoms with van der Waals surface area (Å²) in [5, 5.41) is 2.94. The lowest BCUT2D eigenvalue weighted by atomic mass is 9.97. The van der Waals surface area contributed by atoms with Gasteiger partial charge < -0.3 is 10.1 Å². The molecule has 0 fully saturated rings. The van der Waals surface area contributed by atoms with E-state index in [9.17, 15) is 13.8 Å². The van der Waals surface area contributed by atoms with Crippen LogP contribution in [0.15, 0.2) is 59.5 Å². The normalized spacial score (nSPS) is 13.0. The Labute approximate surface area is 168 Å². The van der Waals surface area contributed by atoms with E-state index in [-0.39, 0.29) is 24.1 Å². The molecule has 0 heterocycles. The van der Waals surface area contributed by atoms with Crippen molar-refractivity contribution in [3.05, 3.63) is 65.7 Å². The predicted molar refractivity (Wildman–Crippen MR) is 110 cm³/mol. The lowest BCUT2D eigenvalue weighted by molar-refractivity contribution is -0.125. The van der Waals surface area contributed by atoms with Crippen molar-refractivity contribution in [1.82, 2.24) is 5.32 Å². The second-order valence-electron chi connectivity index (χ2n) is 6.87. The lowest BCUT2D eigenvalue weighted by Crippen LogP contribution is -2.33. The van der Waals surface area contributed by atoms with Gasteiger partial charge in [-0.2, -0.15) is 0 Å². The summed E-state index contributed by atoms with van der Waals surface area (Å²) >= 11 is 0. The lowest BCUT2D eigenvalue weighted by Gasteiger charge is -2.21. The molecule has 6 heteroatoms. The summed E-state index contributed by atoms with van der Waals surface area (Å²) in [6.45, 7) is 5.58. The molecule has 2 unspecified atom stereocenters. The van der Waals surface area contributed by atoms with Gasteiger partial charge in [0, 0.05) is 5.75 Å². The Morgan fingerprint density at radius 1 is 1.04 bits per heavy atom. The molecule has 0 spiro atoms. The number of benzene rings is 2. The van der Waals surface area contributed by atoms with E-state index < -0.39 is 16.8 Å². The summed E-state index contributed by atoms with van der Waals surface area (Å²) in [5.74, 6) is -0.216. The molecule has 2 rings (SSSR count). The molecule has 1 amide bonds. The van der Waals surface area contributed by atoms with E-state index >= 15 is 0 Å². The van der Waals surface area contributed by atoms with E-state index in [0.29, 0.717) is 16.6 Å². The number of esters is 1. The Balaban J connectivity index is 2.01. The number of rotatable bonds is 9. The fourth-order valence-corrected chi connectivity index (χ4v) is 3.81. The van der Waals surface area contributed by atoms with Crippen molar-refractivity contribution in [2.45, 2.75) is 38.1 Å². The van der Waals surface area contributed by atoms with Crippen LogP contribution in [0.1, 0.15) is 49.2 Å². The van der Waals surface area contributed by atoms with Crippen molar-refractivity contribution in [2.24, 2.45) is 5.92 Å². The highest BCUT2D eigenvalue weighted by Crippen LogP contribution is 2.21. The summed E-state index contributed by atoms with van der Waals surface area (Å²) in [5.41, 5.74) is 1.25. The zero-order chi connectivity index (χ0) is 20.5. The van der Waals surface area contributed by atoms with Crippen LogP contribution in [-0.2, 0) is 20.3 Å². The van der Waals surface area contributed by atoms with E-state index in [1.165, 1.54) is 0 Å². The van der Waals surface area contributed by atoms with E-state index in [2.05, 4.69) is 19.2 Å². The van der Waals surface area contributed by atoms with Crippen molar-refractivity contribution in [3.63, 3.8) is 0 Å². The molecule has 0 aromatic heterocycles. The second kappa shape index (κ2) is 10.8. The van der Waals surface area contributed by atoms with Crippen LogP contribution in [0.25, 0.3) is 0 Å². The maximum absolute atomic E-state index is 12.4. The average molecular weight is 402 g/mol. The third-order valence-corrected chi connectivity index (χ3v) is 5.56. The van der Waals surface area contributed by atoms with Crippen LogP contribution >= 0.6 is 0 Å². The Morgan fingerprint density at radius 3 is 2.32 bits per heavy atom. The number of hydrogen-bond acceptors (Lipinski definition) is 4. The molecular weight excluding hydrogens is 374 g/mol. The van der Waals surface area contributed by atoms with E-state index in [0.717, 1.165) is 12.0 Å². The highest BCUT2D eigenvalue weighted by Gasteiger charge is 2.19. The van der Waals surface area contributed by atoms with Crippen molar-refractivity contribution in [3.8, 4) is 0 Å². The van der Waals surface area contributed by atoms with Crippen LogP contribution in [0.4, 0.5) is 0 Å². The number of ether oxygens (including phenoxy) is 1. The van der Waals surface area contributed by atoms with Gasteiger partial charge in [0.25, 0.3) is 5.91 Å². The Morgan fingerprint density at radius 2 is 1.68 bits per heavy atom. The maximum Gasteiger partial charge on any atom is 0.339 e. The van der Waals surface area contributed by atoms with Gasteiger partial charge in [0.15, 0.2) is 6.61 Å². The average Bonchev–Trinajstić information content (AvgIpc) is 2.71. The Bertz CT molecular complexity index is 820. The topological polar surface area (TPSA) is 72.5 Å². The largest absolute Gasteiger partial charge is 0.452 e. The molecule has 2 aromatic carbocycles. The summed E-state index contributed by atoms with van der Waals surface area (Å²) in [7, 11) is -1.28. The molecule has 0 saturated heterocycles. The summed E-state index contributed by atoms with van der Waals surface area (Å²) in [6.07, 6.45) is 0.780. The van der Waals surface area contributed by atoms with Crippen LogP contribution in [0.5, 0.6) is 0 Å². The van der Waals surface area contributed by atoms with Crippen LogP contribution < -0.4 is 5.32 Å². The smallest absolute Gasteiger partial charge is 0.339 e. The van der Waals surface area contributed by atoms with Gasteiger partial charge in [-0.3, -0.25) is 9.00 Å². The minimum Gasteiger partial charge on any atom is -0.452 e. The quantitative estimate of drug-likeness (QED) is 0.648. The van der Waals surface area contributed by atoms with E-state index in [1.54, 1.807) is 31.2 Å². The van der Waals surface area contributed by atoms with Crippen molar-refractivity contribution >= 4 is 22.7 Å². The zero-order valence-corrected chi connectivity index (χ0v) is 17.3. The van der Waals surface area contributed by atoms with Crippen LogP contribution in [0.2, 0.25) is 0 Å². The van der Waals surface area contributed by atoms with E-state index in [4.69, 9.17) is 4.74 Å². The summed E-state index contributed by atoms with van der Waals surface area (Å²) in [4.78, 5) is 25.2. The van der Waals surface area contributed by atoms with Gasteiger partial charge in [0.2, 0.25) is 0 Å². The van der Waals surface area contributed by atoms with Crippen LogP contribution in [0, 0.1) is 5.92 Å². The number of carbonyl (C=O) groups is 2. The second-order valence-corrected chi connectivity index (χ2v) is 8.58. The van der Waals surface area contributed by atoms with Crippen LogP contribution in [-0.4, -0.2) is 28.4 Å². The highest BCUT2D eigenvalue weighted by molar-refractivity contribution is 7.85. The summed E-state index contributed by atoms with van der Waals surface area (Å²) < 4.78 is 17.3. The number of nitrogens with one attached hydrogen (secondary N) is 1. The standard InChI is InChI=1S/C22H27NO4S/c1-4-28(26)20-13-9-8-12-18(20)22(25)27-15-21(24)23-19(14-16(2)3)17-10-6-5-7-11-17/h5-13,16,19H,4,14-15H2,1-3H3,(H,23,24). The molecule has 0 bridgehead atoms. The fourth-order valence-electron chi connectivity index (χ4n) is 2.87. The highest BCUT2D eigenvalue weighted by atomic mass is 32.2. The number of amides is 1. The maximum atomic E-state index is 12.4. The molecule has 0 saturated carbocycles. The molecule has 5 nitrogen and oxygen atoms in total. The predicted octanol–water partition coefficient (Wildman–Crippen LogP) is 3.87. The number of carbonyl (C=O) groups excluding carboxylic acids is 2. The van der Waals surface area contributed by atoms with Crippen molar-refractivity contribution < 1.29 is 18.5 Å². The van der Waals surface area contributed by atoms with Gasteiger partial charge in [-0.15, -0.1) is 0 Å². The first-order valence-electron chi connectivity index (χ1n) is 9.41. The van der Waals surface area contributed by atoms with Gasteiger partial charge >= 0.3 is 5.97 Å². The molecule has 2 aromatic rings. The molecule has 28 heavy (non-hydrogen) atoms. The third-order valence-electron chi connectivity index (χ3n) is 4.19. The summed E-state index contributed by atoms with van der Waals surface area (Å²) in [6, 6.07) is 16.2. The molecule has 150 valence electrons. The molecule has 2 atom stereocenters. The van der Waals surface area contributed by atoms with Gasteiger partial charge in [0.1, 0.15) is 0 Å².